The Morgan fingerprint density at radius 1 is 1.11 bits per heavy atom. The number of carbonyl (C=O) groups is 2. The van der Waals surface area contributed by atoms with Gasteiger partial charge in [0.15, 0.2) is 11.6 Å². The molecule has 1 saturated heterocycles. The van der Waals surface area contributed by atoms with E-state index < -0.39 is 41.7 Å². The van der Waals surface area contributed by atoms with E-state index in [2.05, 4.69) is 20.2 Å². The minimum atomic E-state index is -4.88. The zero-order chi connectivity index (χ0) is 26.5. The SMILES string of the molecule is C[C@@H](COCCC(=O)N1CCN(c2cnc(C(F)(F)F)cn2)CC1)OC1=CN=NC(=O)C1C(F)(F)F. The van der Waals surface area contributed by atoms with Gasteiger partial charge >= 0.3 is 12.4 Å². The van der Waals surface area contributed by atoms with Gasteiger partial charge in [-0.2, -0.15) is 31.5 Å². The Labute approximate surface area is 201 Å². The van der Waals surface area contributed by atoms with Crippen molar-refractivity contribution in [2.75, 3.05) is 44.3 Å². The van der Waals surface area contributed by atoms with Crippen LogP contribution in [0.5, 0.6) is 0 Å². The van der Waals surface area contributed by atoms with Crippen LogP contribution in [0.2, 0.25) is 0 Å². The van der Waals surface area contributed by atoms with Crippen LogP contribution < -0.4 is 4.90 Å². The molecule has 2 aliphatic heterocycles. The molecule has 1 aromatic heterocycles. The van der Waals surface area contributed by atoms with Gasteiger partial charge in [0.1, 0.15) is 17.7 Å². The van der Waals surface area contributed by atoms with Crippen LogP contribution in [-0.2, 0) is 25.2 Å². The van der Waals surface area contributed by atoms with E-state index in [1.807, 2.05) is 0 Å². The van der Waals surface area contributed by atoms with Crippen molar-refractivity contribution in [3.63, 3.8) is 0 Å². The molecule has 198 valence electrons. The number of rotatable bonds is 8. The van der Waals surface area contributed by atoms with E-state index in [1.54, 1.807) is 9.80 Å². The number of amides is 2. The normalized spacial score (nSPS) is 19.8. The second-order valence-corrected chi connectivity index (χ2v) is 7.94. The van der Waals surface area contributed by atoms with Gasteiger partial charge in [-0.25, -0.2) is 9.97 Å². The summed E-state index contributed by atoms with van der Waals surface area (Å²) in [5, 5.41) is 6.10. The molecule has 0 aromatic carbocycles. The first-order valence-electron chi connectivity index (χ1n) is 10.7. The van der Waals surface area contributed by atoms with Crippen LogP contribution in [0.15, 0.2) is 34.6 Å². The fourth-order valence-electron chi connectivity index (χ4n) is 3.45. The Morgan fingerprint density at radius 3 is 2.39 bits per heavy atom. The van der Waals surface area contributed by atoms with Crippen LogP contribution in [0.3, 0.4) is 0 Å². The molecule has 1 fully saturated rings. The molecule has 2 amide bonds. The van der Waals surface area contributed by atoms with Crippen LogP contribution in [0.1, 0.15) is 19.0 Å². The summed E-state index contributed by atoms with van der Waals surface area (Å²) in [5.41, 5.74) is -1.09. The van der Waals surface area contributed by atoms with E-state index in [9.17, 15) is 35.9 Å². The quantitative estimate of drug-likeness (QED) is 0.380. The number of ether oxygens (including phenoxy) is 2. The monoisotopic (exact) mass is 524 g/mol. The summed E-state index contributed by atoms with van der Waals surface area (Å²) < 4.78 is 87.6. The molecular weight excluding hydrogens is 502 g/mol. The largest absolute Gasteiger partial charge is 0.490 e. The minimum absolute atomic E-state index is 0.00732. The van der Waals surface area contributed by atoms with Crippen molar-refractivity contribution in [3.05, 3.63) is 30.0 Å². The number of carbonyl (C=O) groups excluding carboxylic acids is 2. The van der Waals surface area contributed by atoms with Gasteiger partial charge in [0.2, 0.25) is 5.91 Å². The lowest BCUT2D eigenvalue weighted by Gasteiger charge is -2.35. The van der Waals surface area contributed by atoms with Crippen LogP contribution in [0.4, 0.5) is 32.2 Å². The van der Waals surface area contributed by atoms with E-state index in [-0.39, 0.29) is 31.4 Å². The number of alkyl halides is 6. The number of hydrogen-bond donors (Lipinski definition) is 0. The van der Waals surface area contributed by atoms with Crippen molar-refractivity contribution in [2.45, 2.75) is 31.8 Å². The molecule has 1 unspecified atom stereocenters. The standard InChI is InChI=1S/C20H22F6N6O4/c1-12(36-13-8-29-30-18(34)17(13)20(24,25)26)11-35-7-2-16(33)32-5-3-31(4-6-32)15-10-27-14(9-28-15)19(21,22)23/h8-10,12,17H,2-7,11H2,1H3/t12-,17?/m0/s1. The number of hydrogen-bond acceptors (Lipinski definition) is 8. The maximum absolute atomic E-state index is 13.1. The summed E-state index contributed by atoms with van der Waals surface area (Å²) in [5.74, 6) is -4.61. The van der Waals surface area contributed by atoms with Crippen molar-refractivity contribution in [3.8, 4) is 0 Å². The molecule has 3 rings (SSSR count). The molecule has 2 atom stereocenters. The van der Waals surface area contributed by atoms with Crippen LogP contribution in [-0.4, -0.2) is 78.4 Å². The van der Waals surface area contributed by atoms with Crippen molar-refractivity contribution in [1.82, 2.24) is 14.9 Å². The smallest absolute Gasteiger partial charge is 0.434 e. The van der Waals surface area contributed by atoms with Gasteiger partial charge < -0.3 is 19.3 Å². The van der Waals surface area contributed by atoms with Crippen LogP contribution in [0, 0.1) is 5.92 Å². The molecule has 0 N–H and O–H groups in total. The number of azo groups is 1. The van der Waals surface area contributed by atoms with E-state index in [4.69, 9.17) is 9.47 Å². The number of anilines is 1. The Kier molecular flexibility index (Phi) is 8.47. The Bertz CT molecular complexity index is 990. The highest BCUT2D eigenvalue weighted by Gasteiger charge is 2.50. The molecule has 3 heterocycles. The Balaban J connectivity index is 1.37. The third kappa shape index (κ3) is 7.11. The molecule has 0 radical (unpaired) electrons. The predicted octanol–water partition coefficient (Wildman–Crippen LogP) is 2.97. The summed E-state index contributed by atoms with van der Waals surface area (Å²) in [6.07, 6.45) is -7.87. The number of piperazine rings is 1. The maximum Gasteiger partial charge on any atom is 0.434 e. The van der Waals surface area contributed by atoms with Crippen molar-refractivity contribution in [2.24, 2.45) is 16.1 Å². The number of nitrogens with zero attached hydrogens (tertiary/aromatic N) is 6. The lowest BCUT2D eigenvalue weighted by Crippen LogP contribution is -2.49. The Morgan fingerprint density at radius 2 is 1.81 bits per heavy atom. The molecule has 10 nitrogen and oxygen atoms in total. The van der Waals surface area contributed by atoms with Gasteiger partial charge in [0.05, 0.1) is 38.2 Å². The lowest BCUT2D eigenvalue weighted by atomic mass is 10.1. The van der Waals surface area contributed by atoms with Crippen LogP contribution in [0.25, 0.3) is 0 Å². The van der Waals surface area contributed by atoms with Gasteiger partial charge in [0.25, 0.3) is 5.91 Å². The highest BCUT2D eigenvalue weighted by Crippen LogP contribution is 2.36. The molecular formula is C20H22F6N6O4. The molecule has 0 spiro atoms. The molecule has 1 aromatic rings. The number of aromatic nitrogens is 2. The zero-order valence-electron chi connectivity index (χ0n) is 18.9. The van der Waals surface area contributed by atoms with E-state index in [1.165, 1.54) is 6.92 Å². The van der Waals surface area contributed by atoms with Crippen molar-refractivity contribution in [1.29, 1.82) is 0 Å². The van der Waals surface area contributed by atoms with Crippen molar-refractivity contribution < 1.29 is 45.4 Å². The first-order chi connectivity index (χ1) is 16.9. The zero-order valence-corrected chi connectivity index (χ0v) is 18.9. The van der Waals surface area contributed by atoms with Gasteiger partial charge in [-0.1, -0.05) is 0 Å². The predicted molar refractivity (Wildman–Crippen MR) is 109 cm³/mol. The van der Waals surface area contributed by atoms with Gasteiger partial charge in [0, 0.05) is 26.2 Å². The molecule has 16 heteroatoms. The summed E-state index contributed by atoms with van der Waals surface area (Å²) in [6, 6.07) is 0. The number of halogens is 6. The second-order valence-electron chi connectivity index (χ2n) is 7.94. The summed E-state index contributed by atoms with van der Waals surface area (Å²) in [6.45, 7) is 2.62. The first-order valence-corrected chi connectivity index (χ1v) is 10.7. The first kappa shape index (κ1) is 27.3. The van der Waals surface area contributed by atoms with E-state index >= 15 is 0 Å². The van der Waals surface area contributed by atoms with Crippen LogP contribution >= 0.6 is 0 Å². The minimum Gasteiger partial charge on any atom is -0.490 e. The average Bonchev–Trinajstić information content (AvgIpc) is 2.80. The molecule has 0 saturated carbocycles. The molecule has 0 aliphatic carbocycles. The maximum atomic E-state index is 13.1. The fourth-order valence-corrected chi connectivity index (χ4v) is 3.45. The average molecular weight is 524 g/mol. The second kappa shape index (κ2) is 11.2. The lowest BCUT2D eigenvalue weighted by molar-refractivity contribution is -0.183. The van der Waals surface area contributed by atoms with E-state index in [0.29, 0.717) is 32.4 Å². The topological polar surface area (TPSA) is 110 Å². The van der Waals surface area contributed by atoms with Gasteiger partial charge in [-0.05, 0) is 6.92 Å². The molecule has 36 heavy (non-hydrogen) atoms. The highest BCUT2D eigenvalue weighted by atomic mass is 19.4. The van der Waals surface area contributed by atoms with Crippen molar-refractivity contribution >= 4 is 17.6 Å². The van der Waals surface area contributed by atoms with Gasteiger partial charge in [-0.3, -0.25) is 9.59 Å². The highest BCUT2D eigenvalue weighted by molar-refractivity contribution is 5.83. The van der Waals surface area contributed by atoms with Gasteiger partial charge in [-0.15, -0.1) is 5.11 Å². The summed E-state index contributed by atoms with van der Waals surface area (Å²) in [7, 11) is 0. The fraction of sp³-hybridized carbons (Fsp3) is 0.600. The summed E-state index contributed by atoms with van der Waals surface area (Å²) >= 11 is 0. The Hall–Kier alpha value is -3.30. The molecule has 2 aliphatic rings. The summed E-state index contributed by atoms with van der Waals surface area (Å²) in [4.78, 5) is 34.3. The third-order valence-electron chi connectivity index (χ3n) is 5.24. The van der Waals surface area contributed by atoms with E-state index in [0.717, 1.165) is 12.4 Å². The molecule has 0 bridgehead atoms. The third-order valence-corrected chi connectivity index (χ3v) is 5.24.